The topological polar surface area (TPSA) is 60.5 Å². The van der Waals surface area contributed by atoms with Crippen molar-refractivity contribution in [3.63, 3.8) is 0 Å². The predicted molar refractivity (Wildman–Crippen MR) is 100 cm³/mol. The van der Waals surface area contributed by atoms with Gasteiger partial charge in [-0.15, -0.1) is 0 Å². The standard InChI is InChI=1S/C21H28N2O3/c1-13-8-18(24)26-19-15(13)6-7-17-16(19)11-23(12-25-17)14-9-20(2,3)22-21(4,5)10-14/h6-8,14,22H,9-12H2,1-5H3/p+2. The molecule has 0 spiro atoms. The van der Waals surface area contributed by atoms with Gasteiger partial charge in [0, 0.05) is 11.5 Å². The zero-order valence-corrected chi connectivity index (χ0v) is 16.4. The van der Waals surface area contributed by atoms with Crippen molar-refractivity contribution < 1.29 is 19.4 Å². The molecule has 1 aromatic carbocycles. The van der Waals surface area contributed by atoms with Crippen LogP contribution in [0.25, 0.3) is 11.0 Å². The van der Waals surface area contributed by atoms with Crippen molar-refractivity contribution in [1.29, 1.82) is 0 Å². The molecule has 1 unspecified atom stereocenters. The number of hydrogen-bond donors (Lipinski definition) is 2. The normalized spacial score (nSPS) is 24.9. The van der Waals surface area contributed by atoms with Crippen LogP contribution in [-0.4, -0.2) is 23.9 Å². The van der Waals surface area contributed by atoms with Gasteiger partial charge in [-0.1, -0.05) is 0 Å². The number of fused-ring (bicyclic) bond motifs is 3. The van der Waals surface area contributed by atoms with Gasteiger partial charge in [0.2, 0.25) is 6.73 Å². The first kappa shape index (κ1) is 17.6. The Morgan fingerprint density at radius 1 is 1.15 bits per heavy atom. The van der Waals surface area contributed by atoms with Gasteiger partial charge in [-0.2, -0.15) is 0 Å². The van der Waals surface area contributed by atoms with Gasteiger partial charge in [0.1, 0.15) is 18.3 Å². The molecule has 2 aliphatic rings. The average molecular weight is 358 g/mol. The third-order valence-electron chi connectivity index (χ3n) is 5.90. The molecule has 0 amide bonds. The Balaban J connectivity index is 1.71. The highest BCUT2D eigenvalue weighted by molar-refractivity contribution is 5.84. The summed E-state index contributed by atoms with van der Waals surface area (Å²) in [5, 5.41) is 3.51. The van der Waals surface area contributed by atoms with E-state index in [2.05, 4.69) is 33.0 Å². The summed E-state index contributed by atoms with van der Waals surface area (Å²) < 4.78 is 11.7. The summed E-state index contributed by atoms with van der Waals surface area (Å²) in [5.74, 6) is 0.857. The van der Waals surface area contributed by atoms with Crippen LogP contribution in [0.1, 0.15) is 51.7 Å². The van der Waals surface area contributed by atoms with Gasteiger partial charge in [0.25, 0.3) is 0 Å². The predicted octanol–water partition coefficient (Wildman–Crippen LogP) is 1.12. The van der Waals surface area contributed by atoms with Crippen molar-refractivity contribution >= 4 is 11.0 Å². The molecule has 0 bridgehead atoms. The first-order valence-electron chi connectivity index (χ1n) is 9.54. The fourth-order valence-electron chi connectivity index (χ4n) is 5.24. The number of nitrogens with one attached hydrogen (secondary N) is 1. The second kappa shape index (κ2) is 5.83. The molecule has 0 radical (unpaired) electrons. The number of piperidine rings is 1. The Bertz CT molecular complexity index is 897. The molecule has 0 aliphatic carbocycles. The van der Waals surface area contributed by atoms with Crippen LogP contribution in [-0.2, 0) is 6.54 Å². The summed E-state index contributed by atoms with van der Waals surface area (Å²) in [6, 6.07) is 6.11. The maximum atomic E-state index is 11.9. The summed E-state index contributed by atoms with van der Waals surface area (Å²) in [7, 11) is 0. The van der Waals surface area contributed by atoms with Crippen molar-refractivity contribution in [3.8, 4) is 5.75 Å². The number of rotatable bonds is 1. The monoisotopic (exact) mass is 358 g/mol. The number of aryl methyl sites for hydroxylation is 1. The minimum atomic E-state index is -0.287. The van der Waals surface area contributed by atoms with Crippen molar-refractivity contribution in [2.75, 3.05) is 6.73 Å². The molecular formula is C21H30N2O3+2. The summed E-state index contributed by atoms with van der Waals surface area (Å²) in [4.78, 5) is 13.4. The molecule has 5 nitrogen and oxygen atoms in total. The zero-order valence-electron chi connectivity index (χ0n) is 16.4. The van der Waals surface area contributed by atoms with Crippen LogP contribution in [0.2, 0.25) is 0 Å². The van der Waals surface area contributed by atoms with Crippen LogP contribution in [0.3, 0.4) is 0 Å². The van der Waals surface area contributed by atoms with Gasteiger partial charge in [-0.05, 0) is 52.3 Å². The molecule has 0 saturated carbocycles. The minimum Gasteiger partial charge on any atom is -0.445 e. The largest absolute Gasteiger partial charge is 0.445 e. The molecule has 4 rings (SSSR count). The van der Waals surface area contributed by atoms with E-state index < -0.39 is 0 Å². The van der Waals surface area contributed by atoms with Crippen molar-refractivity contribution in [2.24, 2.45) is 0 Å². The smallest absolute Gasteiger partial charge is 0.336 e. The summed E-state index contributed by atoms with van der Waals surface area (Å²) in [6.45, 7) is 12.8. The van der Waals surface area contributed by atoms with E-state index in [1.54, 1.807) is 6.07 Å². The van der Waals surface area contributed by atoms with Gasteiger partial charge in [0.05, 0.1) is 29.5 Å². The number of hydrogen-bond acceptors (Lipinski definition) is 3. The average Bonchev–Trinajstić information content (AvgIpc) is 2.51. The first-order valence-corrected chi connectivity index (χ1v) is 9.54. The van der Waals surface area contributed by atoms with Gasteiger partial charge >= 0.3 is 5.63 Å². The van der Waals surface area contributed by atoms with Gasteiger partial charge < -0.3 is 14.5 Å². The van der Waals surface area contributed by atoms with E-state index in [1.165, 1.54) is 4.90 Å². The number of quaternary nitrogens is 2. The molecule has 26 heavy (non-hydrogen) atoms. The minimum absolute atomic E-state index is 0.224. The van der Waals surface area contributed by atoms with Crippen molar-refractivity contribution in [1.82, 2.24) is 0 Å². The van der Waals surface area contributed by atoms with E-state index in [0.717, 1.165) is 41.6 Å². The van der Waals surface area contributed by atoms with Crippen LogP contribution < -0.4 is 20.6 Å². The van der Waals surface area contributed by atoms with Crippen LogP contribution >= 0.6 is 0 Å². The third-order valence-corrected chi connectivity index (χ3v) is 5.90. The lowest BCUT2D eigenvalue weighted by atomic mass is 9.79. The molecule has 1 aromatic heterocycles. The van der Waals surface area contributed by atoms with E-state index >= 15 is 0 Å². The fraction of sp³-hybridized carbons (Fsp3) is 0.571. The molecule has 1 saturated heterocycles. The zero-order chi connectivity index (χ0) is 18.7. The molecule has 1 fully saturated rings. The lowest BCUT2D eigenvalue weighted by molar-refractivity contribution is -0.969. The maximum absolute atomic E-state index is 11.9. The Morgan fingerprint density at radius 2 is 1.85 bits per heavy atom. The van der Waals surface area contributed by atoms with Crippen molar-refractivity contribution in [2.45, 2.75) is 71.1 Å². The second-order valence-corrected chi connectivity index (χ2v) is 9.52. The maximum Gasteiger partial charge on any atom is 0.336 e. The number of ether oxygens (including phenoxy) is 1. The van der Waals surface area contributed by atoms with Crippen LogP contribution in [0.5, 0.6) is 5.75 Å². The van der Waals surface area contributed by atoms with E-state index in [1.807, 2.05) is 19.1 Å². The Labute approximate surface area is 154 Å². The highest BCUT2D eigenvalue weighted by atomic mass is 16.5. The molecule has 2 aromatic rings. The third kappa shape index (κ3) is 3.14. The number of nitrogens with two attached hydrogens (primary N) is 1. The van der Waals surface area contributed by atoms with E-state index in [9.17, 15) is 4.79 Å². The summed E-state index contributed by atoms with van der Waals surface area (Å²) >= 11 is 0. The van der Waals surface area contributed by atoms with E-state index in [4.69, 9.17) is 9.15 Å². The molecule has 3 heterocycles. The molecule has 2 aliphatic heterocycles. The second-order valence-electron chi connectivity index (χ2n) is 9.52. The molecule has 140 valence electrons. The Hall–Kier alpha value is -1.85. The fourth-order valence-corrected chi connectivity index (χ4v) is 5.24. The molecule has 5 heteroatoms. The summed E-state index contributed by atoms with van der Waals surface area (Å²) in [5.41, 5.74) is 2.86. The highest BCUT2D eigenvalue weighted by Crippen LogP contribution is 2.30. The van der Waals surface area contributed by atoms with Gasteiger partial charge in [0.15, 0.2) is 5.58 Å². The van der Waals surface area contributed by atoms with Crippen LogP contribution in [0.15, 0.2) is 27.4 Å². The molecule has 1 atom stereocenters. The quantitative estimate of drug-likeness (QED) is 0.751. The SMILES string of the molecule is Cc1cc(=O)oc2c3c(ccc12)OC[NH+](C1CC(C)(C)[NH2+]C(C)(C)C1)C3. The van der Waals surface area contributed by atoms with Gasteiger partial charge in [-0.3, -0.25) is 4.90 Å². The van der Waals surface area contributed by atoms with E-state index in [-0.39, 0.29) is 16.7 Å². The van der Waals surface area contributed by atoms with Crippen LogP contribution in [0.4, 0.5) is 0 Å². The Kier molecular flexibility index (Phi) is 3.93. The molecular weight excluding hydrogens is 328 g/mol. The van der Waals surface area contributed by atoms with E-state index in [0.29, 0.717) is 18.4 Å². The van der Waals surface area contributed by atoms with Crippen molar-refractivity contribution in [3.05, 3.63) is 39.7 Å². The number of benzene rings is 1. The lowest BCUT2D eigenvalue weighted by Gasteiger charge is -2.45. The Morgan fingerprint density at radius 3 is 2.54 bits per heavy atom. The van der Waals surface area contributed by atoms with Crippen LogP contribution in [0, 0.1) is 6.92 Å². The first-order chi connectivity index (χ1) is 12.1. The lowest BCUT2D eigenvalue weighted by Crippen LogP contribution is -3.19. The van der Waals surface area contributed by atoms with Gasteiger partial charge in [-0.25, -0.2) is 4.79 Å². The molecule has 3 N–H and O–H groups in total. The summed E-state index contributed by atoms with van der Waals surface area (Å²) in [6.07, 6.45) is 2.30. The highest BCUT2D eigenvalue weighted by Gasteiger charge is 2.46.